The topological polar surface area (TPSA) is 348 Å². The first-order valence-electron chi connectivity index (χ1n) is 45.7. The number of fused-ring (bicyclic) bond motifs is 4. The maximum Gasteiger partial charge on any atom is 0.310 e. The highest BCUT2D eigenvalue weighted by Gasteiger charge is 2.63. The lowest BCUT2D eigenvalue weighted by Gasteiger charge is -2.35. The highest BCUT2D eigenvalue weighted by Crippen LogP contribution is 2.60. The summed E-state index contributed by atoms with van der Waals surface area (Å²) < 4.78 is 45.0. The van der Waals surface area contributed by atoms with Crippen molar-refractivity contribution in [1.29, 1.82) is 0 Å². The number of morpholine rings is 2. The molecule has 16 rings (SSSR count). The number of likely N-dealkylation sites (tertiary alicyclic amines) is 2. The minimum absolute atomic E-state index is 0.0140. The van der Waals surface area contributed by atoms with E-state index in [9.17, 15) is 53.7 Å². The van der Waals surface area contributed by atoms with E-state index in [1.807, 2.05) is 142 Å². The Bertz CT molecular complexity index is 4850. The van der Waals surface area contributed by atoms with Crippen LogP contribution in [0.1, 0.15) is 192 Å². The average Bonchev–Trinajstić information content (AvgIpc) is 1.60. The number of nitrogens with one attached hydrogen (secondary N) is 1. The molecule has 6 aromatic rings. The van der Waals surface area contributed by atoms with Crippen LogP contribution in [0.15, 0.2) is 73.1 Å². The monoisotopic (exact) mass is 1750 g/mol. The summed E-state index contributed by atoms with van der Waals surface area (Å²) in [6, 6.07) is 17.5. The highest BCUT2D eigenvalue weighted by molar-refractivity contribution is 6.35. The molecule has 8 heterocycles. The molecule has 0 radical (unpaired) electrons. The molecule has 4 saturated heterocycles. The zero-order chi connectivity index (χ0) is 89.1. The van der Waals surface area contributed by atoms with Crippen molar-refractivity contribution in [2.75, 3.05) is 97.3 Å². The fraction of sp³-hybridized carbons (Fsp3) is 0.663. The van der Waals surface area contributed by atoms with E-state index in [0.29, 0.717) is 127 Å². The third kappa shape index (κ3) is 22.6. The van der Waals surface area contributed by atoms with Crippen LogP contribution in [-0.4, -0.2) is 246 Å². The Balaban J connectivity index is 0.000000169. The van der Waals surface area contributed by atoms with Gasteiger partial charge in [0.05, 0.1) is 108 Å². The van der Waals surface area contributed by atoms with Crippen LogP contribution in [-0.2, 0) is 63.7 Å². The number of rotatable bonds is 34. The van der Waals surface area contributed by atoms with Crippen LogP contribution in [0, 0.1) is 74.9 Å². The number of nitrogens with zero attached hydrogens (tertiary/aromatic N) is 10. The quantitative estimate of drug-likeness (QED) is 0.0273. The first-order valence-corrected chi connectivity index (χ1v) is 46.1. The van der Waals surface area contributed by atoms with Crippen molar-refractivity contribution in [2.45, 2.75) is 235 Å². The number of β-amino-alcohol motifs (C(OH)–C–C–N with tert-alkyl or cyclic N) is 1. The Morgan fingerprint density at radius 3 is 1.50 bits per heavy atom. The number of Topliss-reactive ketones (excluding diaryl/α,β-unsaturated/α-hetero) is 2. The van der Waals surface area contributed by atoms with E-state index in [1.54, 1.807) is 14.3 Å². The second-order valence-corrected chi connectivity index (χ2v) is 40.2. The molecule has 125 heavy (non-hydrogen) atoms. The van der Waals surface area contributed by atoms with Gasteiger partial charge in [-0.05, 0) is 154 Å². The number of carboxylic acid groups (broad SMARTS) is 2. The molecular weight excluding hydrogens is 1620 g/mol. The number of carbonyl (C=O) groups excluding carboxylic acids is 6. The molecule has 4 N–H and O–H groups in total. The minimum Gasteiger partial charge on any atom is -0.492 e. The van der Waals surface area contributed by atoms with Crippen LogP contribution in [0.5, 0.6) is 17.2 Å². The van der Waals surface area contributed by atoms with E-state index in [4.69, 9.17) is 59.8 Å². The number of carboxylic acids is 2. The second-order valence-electron chi connectivity index (χ2n) is 39.8. The lowest BCUT2D eigenvalue weighted by molar-refractivity contribution is -0.157. The maximum absolute atomic E-state index is 14.9. The predicted octanol–water partition coefficient (Wildman–Crippen LogP) is 12.9. The summed E-state index contributed by atoms with van der Waals surface area (Å²) in [6.07, 6.45) is 11.0. The first kappa shape index (κ1) is 92.3. The molecule has 680 valence electrons. The molecule has 6 saturated carbocycles. The standard InChI is InChI=1S/C47H64N6O9.C26H39NO7.C22H27ClN4O2/c1-7-31-25-47(31,45(57)58)26-39(54)38-22-34(27-52(38)44(56)36(46(4,5)6)23-43(55)62-33-19-29-18-30(29)20-33)61-40-24-42(53-11-10-41(50-53)48-28(2)3)49-37-21-32(8-9-35(37)40)60-17-14-51-12-15-59-16-13-51;1-5-16-11-26(16,24(32)33)12-21(29)20-9-17(28)13-27(20)23(31)19(25(2,3)4)10-22(30)34-18-7-14-6-15(14)8-18;1-16(2)13-17-5-6-27(25-17)22-15-20(23)19-4-3-18(14-21(19)24-22)29-12-9-26-7-10-28-11-8-26/h8-11,21,24,28-31,33-34,36,38H,7,12-20,22-23,25-27H2,1-6H3,(H,48,50)(H,57,58);14-20,28H,5-13H2,1-4H3,(H,32,33);3-6,14-16H,7-13H2,1-2H3/t29-,30?,31+,33?,34+,36+,38-,47+;14-,15?,16+,17+,18?,19+,20-,26?;/m00./s1. The Kier molecular flexibility index (Phi) is 28.8. The molecule has 2 aromatic carbocycles. The molecular formula is C95H130ClN11O18. The van der Waals surface area contributed by atoms with Gasteiger partial charge < -0.3 is 63.6 Å². The van der Waals surface area contributed by atoms with Gasteiger partial charge in [0.2, 0.25) is 11.8 Å². The van der Waals surface area contributed by atoms with Gasteiger partial charge in [0.1, 0.15) is 54.6 Å². The van der Waals surface area contributed by atoms with Gasteiger partial charge in [-0.1, -0.05) is 93.7 Å². The number of aliphatic hydroxyl groups excluding tert-OH is 1. The number of pyridine rings is 2. The van der Waals surface area contributed by atoms with Gasteiger partial charge in [-0.3, -0.25) is 48.2 Å². The first-order chi connectivity index (χ1) is 59.5. The molecule has 30 heteroatoms. The van der Waals surface area contributed by atoms with E-state index in [1.165, 1.54) is 17.7 Å². The summed E-state index contributed by atoms with van der Waals surface area (Å²) in [5, 5.41) is 45.3. The molecule has 0 spiro atoms. The van der Waals surface area contributed by atoms with E-state index >= 15 is 0 Å². The largest absolute Gasteiger partial charge is 0.492 e. The Labute approximate surface area is 738 Å². The van der Waals surface area contributed by atoms with Gasteiger partial charge in [0.15, 0.2) is 23.2 Å². The number of ketones is 2. The van der Waals surface area contributed by atoms with Crippen molar-refractivity contribution in [1.82, 2.24) is 49.1 Å². The van der Waals surface area contributed by atoms with Gasteiger partial charge in [0, 0.05) is 131 Å². The lowest BCUT2D eigenvalue weighted by atomic mass is 9.77. The third-order valence-electron chi connectivity index (χ3n) is 27.6. The average molecular weight is 1750 g/mol. The smallest absolute Gasteiger partial charge is 0.310 e. The van der Waals surface area contributed by atoms with Crippen molar-refractivity contribution in [2.24, 2.45) is 74.9 Å². The Hall–Kier alpha value is -8.87. The molecule has 2 amide bonds. The minimum atomic E-state index is -1.14. The number of hydrogen-bond donors (Lipinski definition) is 4. The SMILES string of the molecule is CC(C)Cc1ccn(-c2cc(Cl)c3ccc(OCCN4CCOCC4)cc3n2)n1.CC[C@@H]1CC1(CC(=O)[C@@H]1C[C@@H](O)CN1C(=O)[C@@H](CC(=O)OC1CC2C[C@H]2C1)C(C)(C)C)C(=O)O.CC[C@@H]1C[C@]1(CC(=O)[C@@H]1C[C@@H](Oc2cc(-n3ccc(NC(C)C)n3)nc3cc(OCCN4CCOCC4)ccc23)CN1C(=O)[C@@H](CC(=O)OC1CC2C[C@H]2C1)C(C)(C)C)C(=O)O. The number of halogens is 1. The summed E-state index contributed by atoms with van der Waals surface area (Å²) in [7, 11) is 0. The Morgan fingerprint density at radius 2 is 1.03 bits per heavy atom. The van der Waals surface area contributed by atoms with E-state index in [-0.39, 0.29) is 105 Å². The van der Waals surface area contributed by atoms with Gasteiger partial charge in [-0.15, -0.1) is 5.10 Å². The summed E-state index contributed by atoms with van der Waals surface area (Å²) in [5.41, 5.74) is -0.916. The summed E-state index contributed by atoms with van der Waals surface area (Å²) in [6.45, 7) is 33.3. The van der Waals surface area contributed by atoms with Gasteiger partial charge >= 0.3 is 23.9 Å². The number of amides is 2. The number of esters is 2. The van der Waals surface area contributed by atoms with E-state index in [2.05, 4.69) is 34.1 Å². The van der Waals surface area contributed by atoms with Gasteiger partial charge in [0.25, 0.3) is 0 Å². The van der Waals surface area contributed by atoms with Crippen molar-refractivity contribution in [3.63, 3.8) is 0 Å². The third-order valence-corrected chi connectivity index (χ3v) is 27.9. The summed E-state index contributed by atoms with van der Waals surface area (Å²) in [4.78, 5) is 124. The normalized spacial score (nSPS) is 27.3. The zero-order valence-corrected chi connectivity index (χ0v) is 75.7. The fourth-order valence-corrected chi connectivity index (χ4v) is 20.2. The number of carbonyl (C=O) groups is 8. The number of aromatic nitrogens is 6. The van der Waals surface area contributed by atoms with E-state index < -0.39 is 81.7 Å². The molecule has 10 aliphatic rings. The van der Waals surface area contributed by atoms with Crippen LogP contribution in [0.25, 0.3) is 33.4 Å². The van der Waals surface area contributed by atoms with Crippen LogP contribution in [0.2, 0.25) is 5.02 Å². The predicted molar refractivity (Wildman–Crippen MR) is 469 cm³/mol. The van der Waals surface area contributed by atoms with Crippen molar-refractivity contribution in [3.8, 4) is 28.9 Å². The summed E-state index contributed by atoms with van der Waals surface area (Å²) in [5.74, 6) is 1.39. The molecule has 6 aliphatic carbocycles. The fourth-order valence-electron chi connectivity index (χ4n) is 19.9. The van der Waals surface area contributed by atoms with Crippen LogP contribution in [0.3, 0.4) is 0 Å². The molecule has 4 aliphatic heterocycles. The van der Waals surface area contributed by atoms with Crippen LogP contribution in [0.4, 0.5) is 5.82 Å². The van der Waals surface area contributed by atoms with Crippen molar-refractivity contribution in [3.05, 3.63) is 83.8 Å². The zero-order valence-electron chi connectivity index (χ0n) is 74.9. The molecule has 4 aromatic heterocycles. The van der Waals surface area contributed by atoms with Gasteiger partial charge in [-0.2, -0.15) is 5.10 Å². The van der Waals surface area contributed by atoms with E-state index in [0.717, 1.165) is 107 Å². The van der Waals surface area contributed by atoms with Crippen molar-refractivity contribution < 1.29 is 86.8 Å². The van der Waals surface area contributed by atoms with Crippen molar-refractivity contribution >= 4 is 86.5 Å². The van der Waals surface area contributed by atoms with Crippen LogP contribution < -0.4 is 19.5 Å². The highest BCUT2D eigenvalue weighted by atomic mass is 35.5. The molecule has 16 atom stereocenters. The maximum atomic E-state index is 14.9. The van der Waals surface area contributed by atoms with Gasteiger partial charge in [-0.25, -0.2) is 19.3 Å². The Morgan fingerprint density at radius 1 is 0.568 bits per heavy atom. The number of aliphatic hydroxyl groups is 1. The number of aliphatic carboxylic acids is 2. The summed E-state index contributed by atoms with van der Waals surface area (Å²) >= 11 is 6.52. The molecule has 5 unspecified atom stereocenters. The number of ether oxygens (including phenoxy) is 7. The number of hydrogen-bond acceptors (Lipinski definition) is 23. The number of anilines is 1. The molecule has 0 bridgehead atoms. The molecule has 29 nitrogen and oxygen atoms in total. The lowest BCUT2D eigenvalue weighted by Crippen LogP contribution is -2.48. The van der Waals surface area contributed by atoms with Crippen LogP contribution >= 0.6 is 11.6 Å². The second kappa shape index (κ2) is 39.0. The molecule has 10 fully saturated rings. The number of benzene rings is 2.